The molecule has 1 saturated heterocycles. The Balaban J connectivity index is 1.44. The Hall–Kier alpha value is -2.51. The van der Waals surface area contributed by atoms with Crippen molar-refractivity contribution in [2.24, 2.45) is 17.1 Å². The van der Waals surface area contributed by atoms with E-state index in [1.165, 1.54) is 8.99 Å². The van der Waals surface area contributed by atoms with Crippen LogP contribution in [0.4, 0.5) is 5.69 Å². The number of piperazine rings is 1. The molecule has 216 valence electrons. The van der Waals surface area contributed by atoms with Gasteiger partial charge in [-0.1, -0.05) is 39.0 Å². The van der Waals surface area contributed by atoms with E-state index in [-0.39, 0.29) is 47.9 Å². The lowest BCUT2D eigenvalue weighted by Crippen LogP contribution is -2.53. The van der Waals surface area contributed by atoms with Crippen LogP contribution in [0.15, 0.2) is 41.3 Å². The lowest BCUT2D eigenvalue weighted by molar-refractivity contribution is 0.0356. The van der Waals surface area contributed by atoms with E-state index in [0.29, 0.717) is 37.6 Å². The monoisotopic (exact) mass is 562 g/mol. The molecule has 3 unspecified atom stereocenters. The Morgan fingerprint density at radius 3 is 2.44 bits per heavy atom. The maximum atomic E-state index is 13.5. The lowest BCUT2D eigenvalue weighted by atomic mass is 9.84. The van der Waals surface area contributed by atoms with E-state index in [4.69, 9.17) is 15.2 Å². The number of aromatic nitrogens is 2. The van der Waals surface area contributed by atoms with Gasteiger partial charge in [-0.2, -0.15) is 22.5 Å². The predicted octanol–water partition coefficient (Wildman–Crippen LogP) is 1.76. The molecule has 1 aromatic heterocycles. The van der Waals surface area contributed by atoms with Gasteiger partial charge in [-0.3, -0.25) is 4.79 Å². The summed E-state index contributed by atoms with van der Waals surface area (Å²) in [4.78, 5) is 15.5. The minimum Gasteiger partial charge on any atom is -0.486 e. The molecule has 0 bridgehead atoms. The normalized spacial score (nSPS) is 23.1. The molecule has 1 aliphatic heterocycles. The molecule has 1 aliphatic carbocycles. The minimum atomic E-state index is -3.64. The van der Waals surface area contributed by atoms with Gasteiger partial charge < -0.3 is 20.1 Å². The van der Waals surface area contributed by atoms with Crippen LogP contribution in [0.5, 0.6) is 5.75 Å². The van der Waals surface area contributed by atoms with Crippen molar-refractivity contribution in [2.75, 3.05) is 51.3 Å². The van der Waals surface area contributed by atoms with Crippen LogP contribution in [-0.2, 0) is 14.9 Å². The van der Waals surface area contributed by atoms with E-state index in [1.807, 2.05) is 56.0 Å². The van der Waals surface area contributed by atoms with Crippen LogP contribution in [0.2, 0.25) is 0 Å². The highest BCUT2D eigenvalue weighted by Crippen LogP contribution is 2.28. The standard InChI is InChI=1S/C27H42N6O5S/c1-27(2,3)19-38-25-23(18-29-33(26(25)34)21-8-6-5-7-9-21)31-12-14-32(15-13-31)39(35,36)30-17-20-10-11-22(28)24(16-20)37-4/h5-9,18,20,22,24,30H,10-17,19,28H2,1-4H3. The summed E-state index contributed by atoms with van der Waals surface area (Å²) in [6, 6.07) is 9.20. The second-order valence-electron chi connectivity index (χ2n) is 11.6. The molecule has 11 nitrogen and oxygen atoms in total. The van der Waals surface area contributed by atoms with E-state index in [2.05, 4.69) is 9.82 Å². The number of nitrogens with zero attached hydrogens (tertiary/aromatic N) is 4. The smallest absolute Gasteiger partial charge is 0.316 e. The third-order valence-corrected chi connectivity index (χ3v) is 8.87. The maximum Gasteiger partial charge on any atom is 0.316 e. The van der Waals surface area contributed by atoms with Crippen molar-refractivity contribution in [3.63, 3.8) is 0 Å². The molecule has 4 rings (SSSR count). The van der Waals surface area contributed by atoms with Gasteiger partial charge in [0.1, 0.15) is 5.69 Å². The van der Waals surface area contributed by atoms with E-state index < -0.39 is 10.2 Å². The highest BCUT2D eigenvalue weighted by Gasteiger charge is 2.32. The van der Waals surface area contributed by atoms with Gasteiger partial charge in [0.15, 0.2) is 0 Å². The molecule has 3 N–H and O–H groups in total. The predicted molar refractivity (Wildman–Crippen MR) is 152 cm³/mol. The number of para-hydroxylation sites is 1. The van der Waals surface area contributed by atoms with Crippen molar-refractivity contribution in [1.82, 2.24) is 18.8 Å². The first-order valence-electron chi connectivity index (χ1n) is 13.6. The molecule has 3 atom stereocenters. The first kappa shape index (κ1) is 29.5. The van der Waals surface area contributed by atoms with Gasteiger partial charge >= 0.3 is 5.56 Å². The SMILES string of the molecule is COC1CC(CNS(=O)(=O)N2CCN(c3cnn(-c4ccccc4)c(=O)c3OCC(C)(C)C)CC2)CCC1N. The molecule has 0 amide bonds. The van der Waals surface area contributed by atoms with Gasteiger partial charge in [0.2, 0.25) is 5.75 Å². The number of anilines is 1. The molecule has 12 heteroatoms. The summed E-state index contributed by atoms with van der Waals surface area (Å²) in [5, 5.41) is 4.42. The fourth-order valence-corrected chi connectivity index (χ4v) is 6.28. The van der Waals surface area contributed by atoms with Crippen LogP contribution in [0, 0.1) is 11.3 Å². The largest absolute Gasteiger partial charge is 0.486 e. The van der Waals surface area contributed by atoms with Crippen molar-refractivity contribution >= 4 is 15.9 Å². The number of benzene rings is 1. The molecule has 2 heterocycles. The van der Waals surface area contributed by atoms with E-state index in [1.54, 1.807) is 13.3 Å². The summed E-state index contributed by atoms with van der Waals surface area (Å²) in [6.07, 6.45) is 4.02. The quantitative estimate of drug-likeness (QED) is 0.473. The first-order chi connectivity index (χ1) is 18.5. The van der Waals surface area contributed by atoms with Crippen molar-refractivity contribution in [1.29, 1.82) is 0 Å². The summed E-state index contributed by atoms with van der Waals surface area (Å²) in [7, 11) is -2.00. The number of methoxy groups -OCH3 is 1. The highest BCUT2D eigenvalue weighted by molar-refractivity contribution is 7.87. The van der Waals surface area contributed by atoms with E-state index >= 15 is 0 Å². The fraction of sp³-hybridized carbons (Fsp3) is 0.630. The zero-order chi connectivity index (χ0) is 28.2. The molecule has 39 heavy (non-hydrogen) atoms. The topological polar surface area (TPSA) is 132 Å². The molecule has 2 aromatic rings. The van der Waals surface area contributed by atoms with Crippen molar-refractivity contribution in [2.45, 2.75) is 52.2 Å². The Labute approximate surface area is 231 Å². The molecular formula is C27H42N6O5S. The average Bonchev–Trinajstić information content (AvgIpc) is 2.92. The Morgan fingerprint density at radius 2 is 1.79 bits per heavy atom. The zero-order valence-electron chi connectivity index (χ0n) is 23.4. The van der Waals surface area contributed by atoms with Crippen LogP contribution >= 0.6 is 0 Å². The van der Waals surface area contributed by atoms with Gasteiger partial charge in [0, 0.05) is 45.9 Å². The summed E-state index contributed by atoms with van der Waals surface area (Å²) >= 11 is 0. The molecule has 2 aliphatic rings. The zero-order valence-corrected chi connectivity index (χ0v) is 24.2. The minimum absolute atomic E-state index is 0.00233. The fourth-order valence-electron chi connectivity index (χ4n) is 5.01. The molecular weight excluding hydrogens is 520 g/mol. The molecule has 1 saturated carbocycles. The highest BCUT2D eigenvalue weighted by atomic mass is 32.2. The first-order valence-corrected chi connectivity index (χ1v) is 15.0. The summed E-state index contributed by atoms with van der Waals surface area (Å²) < 4.78 is 43.3. The van der Waals surface area contributed by atoms with Crippen LogP contribution in [0.3, 0.4) is 0 Å². The van der Waals surface area contributed by atoms with Gasteiger partial charge in [0.25, 0.3) is 10.2 Å². The molecule has 1 aromatic carbocycles. The third-order valence-electron chi connectivity index (χ3n) is 7.29. The maximum absolute atomic E-state index is 13.5. The van der Waals surface area contributed by atoms with Crippen LogP contribution < -0.4 is 25.7 Å². The van der Waals surface area contributed by atoms with Gasteiger partial charge in [-0.15, -0.1) is 0 Å². The molecule has 0 radical (unpaired) electrons. The number of nitrogens with one attached hydrogen (secondary N) is 1. The Morgan fingerprint density at radius 1 is 1.10 bits per heavy atom. The van der Waals surface area contributed by atoms with Crippen molar-refractivity contribution in [3.05, 3.63) is 46.9 Å². The Kier molecular flexibility index (Phi) is 9.33. The Bertz CT molecular complexity index is 1260. The number of nitrogens with two attached hydrogens (primary N) is 1. The van der Waals surface area contributed by atoms with Crippen molar-refractivity contribution < 1.29 is 17.9 Å². The van der Waals surface area contributed by atoms with Gasteiger partial charge in [-0.25, -0.2) is 4.72 Å². The second kappa shape index (κ2) is 12.3. The molecule has 0 spiro atoms. The number of hydrogen-bond donors (Lipinski definition) is 2. The van der Waals surface area contributed by atoms with Crippen LogP contribution in [-0.4, -0.2) is 81.1 Å². The van der Waals surface area contributed by atoms with Gasteiger partial charge in [-0.05, 0) is 42.7 Å². The average molecular weight is 563 g/mol. The number of ether oxygens (including phenoxy) is 2. The van der Waals surface area contributed by atoms with E-state index in [9.17, 15) is 13.2 Å². The van der Waals surface area contributed by atoms with Crippen molar-refractivity contribution in [3.8, 4) is 11.4 Å². The van der Waals surface area contributed by atoms with Gasteiger partial charge in [0.05, 0.1) is 24.6 Å². The van der Waals surface area contributed by atoms with Crippen LogP contribution in [0.1, 0.15) is 40.0 Å². The lowest BCUT2D eigenvalue weighted by Gasteiger charge is -2.37. The van der Waals surface area contributed by atoms with Crippen LogP contribution in [0.25, 0.3) is 5.69 Å². The summed E-state index contributed by atoms with van der Waals surface area (Å²) in [6.45, 7) is 8.22. The molecule has 2 fully saturated rings. The number of hydrogen-bond acceptors (Lipinski definition) is 8. The van der Waals surface area contributed by atoms with E-state index in [0.717, 1.165) is 19.3 Å². The third kappa shape index (κ3) is 7.37. The summed E-state index contributed by atoms with van der Waals surface area (Å²) in [5.41, 5.74) is 6.82. The number of rotatable bonds is 9. The second-order valence-corrected chi connectivity index (χ2v) is 13.4. The summed E-state index contributed by atoms with van der Waals surface area (Å²) in [5.74, 6) is 0.414.